The molecule has 0 saturated carbocycles. The molecule has 0 aliphatic carbocycles. The van der Waals surface area contributed by atoms with Crippen molar-refractivity contribution in [2.75, 3.05) is 12.1 Å². The number of ether oxygens (including phenoxy) is 2. The van der Waals surface area contributed by atoms with Crippen LogP contribution in [0.25, 0.3) is 0 Å². The highest BCUT2D eigenvalue weighted by atomic mass is 16.7. The second kappa shape index (κ2) is 6.23. The Hall–Kier alpha value is -3.42. The molecule has 1 aliphatic rings. The molecule has 1 N–H and O–H groups in total. The van der Waals surface area contributed by atoms with Gasteiger partial charge in [-0.1, -0.05) is 6.07 Å². The van der Waals surface area contributed by atoms with Crippen LogP contribution >= 0.6 is 0 Å². The van der Waals surface area contributed by atoms with Gasteiger partial charge in [-0.15, -0.1) is 0 Å². The summed E-state index contributed by atoms with van der Waals surface area (Å²) >= 11 is 0. The van der Waals surface area contributed by atoms with Crippen molar-refractivity contribution in [1.82, 2.24) is 0 Å². The number of carbonyl (C=O) groups excluding carboxylic acids is 2. The SMILES string of the molecule is CC(=O)c1cc2c(cc1NC(=O)c1cccc([N+](=O)[O-])c1C)OCO2. The van der Waals surface area contributed by atoms with E-state index in [1.807, 2.05) is 0 Å². The number of anilines is 1. The Bertz CT molecular complexity index is 906. The van der Waals surface area contributed by atoms with Crippen molar-refractivity contribution in [2.45, 2.75) is 13.8 Å². The van der Waals surface area contributed by atoms with Crippen molar-refractivity contribution >= 4 is 23.1 Å². The summed E-state index contributed by atoms with van der Waals surface area (Å²) in [6, 6.07) is 7.25. The molecule has 0 saturated heterocycles. The van der Waals surface area contributed by atoms with Crippen LogP contribution < -0.4 is 14.8 Å². The predicted octanol–water partition coefficient (Wildman–Crippen LogP) is 3.09. The van der Waals surface area contributed by atoms with Gasteiger partial charge < -0.3 is 14.8 Å². The molecule has 3 rings (SSSR count). The van der Waals surface area contributed by atoms with Crippen LogP contribution in [0.15, 0.2) is 30.3 Å². The number of nitro benzene ring substituents is 1. The lowest BCUT2D eigenvalue weighted by Gasteiger charge is -2.12. The van der Waals surface area contributed by atoms with E-state index >= 15 is 0 Å². The van der Waals surface area contributed by atoms with Crippen molar-refractivity contribution < 1.29 is 24.0 Å². The second-order valence-electron chi connectivity index (χ2n) is 5.47. The van der Waals surface area contributed by atoms with Crippen LogP contribution in [0.4, 0.5) is 11.4 Å². The number of amides is 1. The van der Waals surface area contributed by atoms with E-state index < -0.39 is 10.8 Å². The fraction of sp³-hybridized carbons (Fsp3) is 0.176. The van der Waals surface area contributed by atoms with E-state index in [0.29, 0.717) is 11.5 Å². The molecule has 0 atom stereocenters. The normalized spacial score (nSPS) is 11.9. The molecule has 0 fully saturated rings. The lowest BCUT2D eigenvalue weighted by Crippen LogP contribution is -2.16. The summed E-state index contributed by atoms with van der Waals surface area (Å²) < 4.78 is 10.5. The Morgan fingerprint density at radius 3 is 2.48 bits per heavy atom. The van der Waals surface area contributed by atoms with Crippen molar-refractivity contribution in [3.8, 4) is 11.5 Å². The van der Waals surface area contributed by atoms with E-state index in [-0.39, 0.29) is 40.6 Å². The van der Waals surface area contributed by atoms with E-state index in [4.69, 9.17) is 9.47 Å². The standard InChI is InChI=1S/C17H14N2O6/c1-9-11(4-3-5-14(9)19(22)23)17(21)18-13-7-16-15(24-8-25-16)6-12(13)10(2)20/h3-7H,8H2,1-2H3,(H,18,21). The summed E-state index contributed by atoms with van der Waals surface area (Å²) in [5, 5.41) is 13.7. The minimum absolute atomic E-state index is 0.0358. The van der Waals surface area contributed by atoms with Gasteiger partial charge >= 0.3 is 0 Å². The minimum Gasteiger partial charge on any atom is -0.454 e. The Kier molecular flexibility index (Phi) is 4.10. The third-order valence-corrected chi connectivity index (χ3v) is 3.89. The summed E-state index contributed by atoms with van der Waals surface area (Å²) in [5.41, 5.74) is 0.773. The van der Waals surface area contributed by atoms with Crippen LogP contribution in [0.3, 0.4) is 0 Å². The molecule has 2 aromatic carbocycles. The average Bonchev–Trinajstić information content (AvgIpc) is 3.01. The van der Waals surface area contributed by atoms with Crippen LogP contribution in [0.1, 0.15) is 33.2 Å². The quantitative estimate of drug-likeness (QED) is 0.520. The molecule has 0 aromatic heterocycles. The molecule has 0 bridgehead atoms. The average molecular weight is 342 g/mol. The molecule has 1 aliphatic heterocycles. The number of hydrogen-bond donors (Lipinski definition) is 1. The number of nitrogens with one attached hydrogen (secondary N) is 1. The first kappa shape index (κ1) is 16.4. The monoisotopic (exact) mass is 342 g/mol. The molecule has 2 aromatic rings. The number of benzene rings is 2. The van der Waals surface area contributed by atoms with Gasteiger partial charge in [-0.25, -0.2) is 0 Å². The first-order valence-electron chi connectivity index (χ1n) is 7.38. The van der Waals surface area contributed by atoms with Gasteiger partial charge in [0.25, 0.3) is 11.6 Å². The zero-order valence-corrected chi connectivity index (χ0v) is 13.5. The Labute approximate surface area is 142 Å². The highest BCUT2D eigenvalue weighted by Gasteiger charge is 2.22. The predicted molar refractivity (Wildman–Crippen MR) is 88.4 cm³/mol. The molecular weight excluding hydrogens is 328 g/mol. The molecule has 128 valence electrons. The topological polar surface area (TPSA) is 108 Å². The maximum Gasteiger partial charge on any atom is 0.273 e. The Balaban J connectivity index is 1.98. The van der Waals surface area contributed by atoms with E-state index in [9.17, 15) is 19.7 Å². The number of nitro groups is 1. The van der Waals surface area contributed by atoms with Crippen molar-refractivity contribution in [2.24, 2.45) is 0 Å². The zero-order valence-electron chi connectivity index (χ0n) is 13.5. The number of rotatable bonds is 4. The van der Waals surface area contributed by atoms with Gasteiger partial charge in [0.15, 0.2) is 17.3 Å². The van der Waals surface area contributed by atoms with Crippen LogP contribution in [0, 0.1) is 17.0 Å². The Morgan fingerprint density at radius 1 is 1.16 bits per heavy atom. The van der Waals surface area contributed by atoms with Gasteiger partial charge in [-0.3, -0.25) is 19.7 Å². The number of hydrogen-bond acceptors (Lipinski definition) is 6. The maximum atomic E-state index is 12.6. The highest BCUT2D eigenvalue weighted by Crippen LogP contribution is 2.37. The highest BCUT2D eigenvalue weighted by molar-refractivity contribution is 6.10. The van der Waals surface area contributed by atoms with Crippen molar-refractivity contribution in [3.63, 3.8) is 0 Å². The molecular formula is C17H14N2O6. The first-order chi connectivity index (χ1) is 11.9. The van der Waals surface area contributed by atoms with Crippen molar-refractivity contribution in [1.29, 1.82) is 0 Å². The second-order valence-corrected chi connectivity index (χ2v) is 5.47. The van der Waals surface area contributed by atoms with Gasteiger partial charge in [0.2, 0.25) is 6.79 Å². The molecule has 8 heteroatoms. The van der Waals surface area contributed by atoms with E-state index in [1.54, 1.807) is 0 Å². The van der Waals surface area contributed by atoms with Crippen LogP contribution in [-0.4, -0.2) is 23.4 Å². The van der Waals surface area contributed by atoms with Gasteiger partial charge in [0, 0.05) is 28.8 Å². The van der Waals surface area contributed by atoms with E-state index in [0.717, 1.165) is 0 Å². The number of Topliss-reactive ketones (excluding diaryl/α,β-unsaturated/α-hetero) is 1. The Morgan fingerprint density at radius 2 is 1.84 bits per heavy atom. The molecule has 0 unspecified atom stereocenters. The molecule has 0 radical (unpaired) electrons. The van der Waals surface area contributed by atoms with Crippen LogP contribution in [0.5, 0.6) is 11.5 Å². The fourth-order valence-corrected chi connectivity index (χ4v) is 2.59. The first-order valence-corrected chi connectivity index (χ1v) is 7.38. The molecule has 1 heterocycles. The summed E-state index contributed by atoms with van der Waals surface area (Å²) in [6.45, 7) is 2.90. The van der Waals surface area contributed by atoms with E-state index in [2.05, 4.69) is 5.32 Å². The van der Waals surface area contributed by atoms with Gasteiger partial charge in [0.05, 0.1) is 10.6 Å². The number of ketones is 1. The smallest absolute Gasteiger partial charge is 0.273 e. The lowest BCUT2D eigenvalue weighted by atomic mass is 10.0. The zero-order chi connectivity index (χ0) is 18.1. The lowest BCUT2D eigenvalue weighted by molar-refractivity contribution is -0.385. The number of carbonyl (C=O) groups is 2. The minimum atomic E-state index is -0.553. The van der Waals surface area contributed by atoms with Crippen LogP contribution in [0.2, 0.25) is 0 Å². The number of fused-ring (bicyclic) bond motifs is 1. The summed E-state index contributed by atoms with van der Waals surface area (Å²) in [7, 11) is 0. The summed E-state index contributed by atoms with van der Waals surface area (Å²) in [6.07, 6.45) is 0. The summed E-state index contributed by atoms with van der Waals surface area (Å²) in [5.74, 6) is 0.0257. The molecule has 25 heavy (non-hydrogen) atoms. The third-order valence-electron chi connectivity index (χ3n) is 3.89. The van der Waals surface area contributed by atoms with Gasteiger partial charge in [-0.05, 0) is 26.0 Å². The van der Waals surface area contributed by atoms with Gasteiger partial charge in [0.1, 0.15) is 0 Å². The largest absolute Gasteiger partial charge is 0.454 e. The third kappa shape index (κ3) is 3.01. The fourth-order valence-electron chi connectivity index (χ4n) is 2.59. The van der Waals surface area contributed by atoms with E-state index in [1.165, 1.54) is 44.2 Å². The maximum absolute atomic E-state index is 12.6. The van der Waals surface area contributed by atoms with Crippen molar-refractivity contribution in [3.05, 3.63) is 57.1 Å². The summed E-state index contributed by atoms with van der Waals surface area (Å²) in [4.78, 5) is 34.9. The molecule has 8 nitrogen and oxygen atoms in total. The van der Waals surface area contributed by atoms with Crippen LogP contribution in [-0.2, 0) is 0 Å². The molecule has 0 spiro atoms. The number of nitrogens with zero attached hydrogens (tertiary/aromatic N) is 1. The molecule has 1 amide bonds. The van der Waals surface area contributed by atoms with Gasteiger partial charge in [-0.2, -0.15) is 0 Å².